The quantitative estimate of drug-likeness (QED) is 0.441. The van der Waals surface area contributed by atoms with Crippen molar-refractivity contribution in [3.05, 3.63) is 65.9 Å². The van der Waals surface area contributed by atoms with Gasteiger partial charge < -0.3 is 0 Å². The van der Waals surface area contributed by atoms with Gasteiger partial charge in [0.2, 0.25) is 0 Å². The number of rotatable bonds is 5. The third kappa shape index (κ3) is 3.31. The summed E-state index contributed by atoms with van der Waals surface area (Å²) in [6.07, 6.45) is 0. The summed E-state index contributed by atoms with van der Waals surface area (Å²) < 4.78 is 11.6. The first-order chi connectivity index (χ1) is 12.2. The summed E-state index contributed by atoms with van der Waals surface area (Å²) in [5.74, 6) is 0.807. The molecule has 5 nitrogen and oxygen atoms in total. The molecule has 127 valence electrons. The summed E-state index contributed by atoms with van der Waals surface area (Å²) in [5.41, 5.74) is 1.71. The van der Waals surface area contributed by atoms with Gasteiger partial charge in [0.25, 0.3) is 0 Å². The topological polar surface area (TPSA) is 51.1 Å². The molecule has 2 aromatic rings. The first-order valence-corrected chi connectivity index (χ1v) is 8.68. The summed E-state index contributed by atoms with van der Waals surface area (Å²) in [6, 6.07) is 16.8. The fourth-order valence-corrected chi connectivity index (χ4v) is 3.16. The number of methoxy groups -OCH3 is 1. The van der Waals surface area contributed by atoms with Gasteiger partial charge in [-0.3, -0.25) is 0 Å². The maximum absolute atomic E-state index is 13.1. The number of carbonyl (C=O) groups excluding carboxylic acids is 1. The molecule has 3 rings (SSSR count). The van der Waals surface area contributed by atoms with Gasteiger partial charge in [0, 0.05) is 0 Å². The van der Waals surface area contributed by atoms with Crippen molar-refractivity contribution in [1.82, 2.24) is 0 Å². The monoisotopic (exact) mass is 401 g/mol. The Morgan fingerprint density at radius 1 is 1.12 bits per heavy atom. The number of amides is 1. The summed E-state index contributed by atoms with van der Waals surface area (Å²) in [7, 11) is 1.57. The van der Waals surface area contributed by atoms with Gasteiger partial charge in [-0.05, 0) is 0 Å². The number of benzene rings is 2. The molecule has 0 fully saturated rings. The third-order valence-corrected chi connectivity index (χ3v) is 4.24. The van der Waals surface area contributed by atoms with Gasteiger partial charge in [-0.15, -0.1) is 0 Å². The van der Waals surface area contributed by atoms with Gasteiger partial charge in [-0.1, -0.05) is 0 Å². The van der Waals surface area contributed by atoms with Gasteiger partial charge in [-0.2, -0.15) is 0 Å². The van der Waals surface area contributed by atoms with Crippen LogP contribution in [0.4, 0.5) is 5.69 Å². The number of para-hydroxylation sites is 2. The Kier molecular flexibility index (Phi) is 5.22. The number of ether oxygens (including phenoxy) is 2. The predicted molar refractivity (Wildman–Crippen MR) is 98.7 cm³/mol. The van der Waals surface area contributed by atoms with Crippen LogP contribution >= 0.6 is 0 Å². The predicted octanol–water partition coefficient (Wildman–Crippen LogP) is 2.97. The van der Waals surface area contributed by atoms with E-state index < -0.39 is 0 Å². The minimum absolute atomic E-state index is 0.259. The molecular formula is C19H17N2O3Se. The fourth-order valence-electron chi connectivity index (χ4n) is 2.58. The average Bonchev–Trinajstić information content (AvgIpc) is 2.94. The summed E-state index contributed by atoms with van der Waals surface area (Å²) in [5, 5.41) is 0. The van der Waals surface area contributed by atoms with Crippen molar-refractivity contribution in [3.8, 4) is 5.75 Å². The molecule has 0 atom stereocenters. The molecule has 0 saturated carbocycles. The van der Waals surface area contributed by atoms with E-state index in [9.17, 15) is 4.79 Å². The van der Waals surface area contributed by atoms with Crippen LogP contribution in [0.1, 0.15) is 12.5 Å². The molecule has 0 aliphatic carbocycles. The molecule has 0 spiro atoms. The van der Waals surface area contributed by atoms with Crippen LogP contribution < -0.4 is 9.64 Å². The minimum atomic E-state index is -0.259. The number of nitrogens with zero attached hydrogens (tertiary/aromatic N) is 2. The standard InChI is InChI=1S/C19H17N2O3Se/c1-3-24-17(13-9-5-4-6-10-13)16-18(22)21(19(25)20-16)14-11-7-8-12-15(14)23-2/h4-12H,3H2,1-2H3/b17-16-. The molecule has 1 amide bonds. The van der Waals surface area contributed by atoms with Crippen LogP contribution in [-0.2, 0) is 9.53 Å². The van der Waals surface area contributed by atoms with Gasteiger partial charge >= 0.3 is 155 Å². The molecule has 0 aromatic heterocycles. The van der Waals surface area contributed by atoms with E-state index in [0.717, 1.165) is 5.56 Å². The number of hydrogen-bond acceptors (Lipinski definition) is 4. The van der Waals surface area contributed by atoms with E-state index in [2.05, 4.69) is 21.0 Å². The van der Waals surface area contributed by atoms with Crippen molar-refractivity contribution in [1.29, 1.82) is 0 Å². The maximum atomic E-state index is 13.1. The van der Waals surface area contributed by atoms with Gasteiger partial charge in [0.1, 0.15) is 0 Å². The third-order valence-electron chi connectivity index (χ3n) is 3.67. The van der Waals surface area contributed by atoms with E-state index in [1.807, 2.05) is 55.5 Å². The summed E-state index contributed by atoms with van der Waals surface area (Å²) >= 11 is 2.86. The number of hydrogen-bond donors (Lipinski definition) is 0. The molecule has 0 N–H and O–H groups in total. The second kappa shape index (κ2) is 7.55. The normalized spacial score (nSPS) is 15.8. The van der Waals surface area contributed by atoms with Gasteiger partial charge in [0.15, 0.2) is 0 Å². The molecule has 1 aliphatic rings. The van der Waals surface area contributed by atoms with Gasteiger partial charge in [0.05, 0.1) is 0 Å². The first kappa shape index (κ1) is 17.3. The first-order valence-electron chi connectivity index (χ1n) is 7.83. The summed E-state index contributed by atoms with van der Waals surface area (Å²) in [6.45, 7) is 2.32. The summed E-state index contributed by atoms with van der Waals surface area (Å²) in [4.78, 5) is 19.0. The van der Waals surface area contributed by atoms with Crippen LogP contribution in [0.5, 0.6) is 5.75 Å². The molecule has 1 radical (unpaired) electrons. The van der Waals surface area contributed by atoms with Gasteiger partial charge in [-0.25, -0.2) is 0 Å². The molecular weight excluding hydrogens is 383 g/mol. The van der Waals surface area contributed by atoms with E-state index >= 15 is 0 Å². The molecule has 25 heavy (non-hydrogen) atoms. The number of amidine groups is 1. The van der Waals surface area contributed by atoms with Crippen LogP contribution in [0.15, 0.2) is 65.3 Å². The number of carbonyl (C=O) groups is 1. The van der Waals surface area contributed by atoms with E-state index in [4.69, 9.17) is 9.47 Å². The van der Waals surface area contributed by atoms with Crippen molar-refractivity contribution in [2.45, 2.75) is 6.92 Å². The van der Waals surface area contributed by atoms with Crippen LogP contribution in [0, 0.1) is 0 Å². The molecule has 2 aromatic carbocycles. The van der Waals surface area contributed by atoms with E-state index in [1.165, 1.54) is 4.90 Å². The second-order valence-electron chi connectivity index (χ2n) is 5.18. The Morgan fingerprint density at radius 3 is 2.48 bits per heavy atom. The van der Waals surface area contributed by atoms with Crippen LogP contribution in [0.2, 0.25) is 0 Å². The Hall–Kier alpha value is -2.56. The van der Waals surface area contributed by atoms with E-state index in [-0.39, 0.29) is 11.6 Å². The van der Waals surface area contributed by atoms with Crippen LogP contribution in [0.25, 0.3) is 5.76 Å². The van der Waals surface area contributed by atoms with E-state index in [1.54, 1.807) is 13.2 Å². The van der Waals surface area contributed by atoms with Crippen molar-refractivity contribution in [3.63, 3.8) is 0 Å². The molecule has 0 saturated heterocycles. The zero-order valence-electron chi connectivity index (χ0n) is 13.9. The van der Waals surface area contributed by atoms with E-state index in [0.29, 0.717) is 28.5 Å². The molecule has 1 aliphatic heterocycles. The van der Waals surface area contributed by atoms with Crippen LogP contribution in [-0.4, -0.2) is 40.4 Å². The zero-order valence-corrected chi connectivity index (χ0v) is 15.6. The SMILES string of the molecule is CCO/C(=C1\N=C([Se])N(c2ccccc2OC)C1=O)c1ccccc1. The Morgan fingerprint density at radius 2 is 1.80 bits per heavy atom. The van der Waals surface area contributed by atoms with Crippen molar-refractivity contribution < 1.29 is 14.3 Å². The Bertz CT molecular complexity index is 847. The number of aliphatic imine (C=N–C) groups is 1. The average molecular weight is 400 g/mol. The zero-order chi connectivity index (χ0) is 17.8. The van der Waals surface area contributed by atoms with Crippen molar-refractivity contribution >= 4 is 38.1 Å². The van der Waals surface area contributed by atoms with Crippen molar-refractivity contribution in [2.24, 2.45) is 4.99 Å². The molecule has 0 bridgehead atoms. The molecule has 1 heterocycles. The Labute approximate surface area is 154 Å². The second-order valence-corrected chi connectivity index (χ2v) is 5.95. The fraction of sp³-hybridized carbons (Fsp3) is 0.158. The molecule has 0 unspecified atom stereocenters. The number of anilines is 1. The van der Waals surface area contributed by atoms with Crippen molar-refractivity contribution in [2.75, 3.05) is 18.6 Å². The molecule has 6 heteroatoms. The Balaban J connectivity index is 2.09. The van der Waals surface area contributed by atoms with Crippen LogP contribution in [0.3, 0.4) is 0 Å².